The van der Waals surface area contributed by atoms with Gasteiger partial charge in [0.15, 0.2) is 6.10 Å². The van der Waals surface area contributed by atoms with Crippen LogP contribution in [0, 0.1) is 0 Å². The standard InChI is InChI=1S/C12H22F3NO2/c1-8(18-9(2)12(13,14)15)6-11(3,7-17)16-10-4-5-10/h8-10,16-17H,4-7H2,1-3H3. The number of ether oxygens (including phenoxy) is 1. The van der Waals surface area contributed by atoms with E-state index in [9.17, 15) is 18.3 Å². The third-order valence-corrected chi connectivity index (χ3v) is 3.11. The summed E-state index contributed by atoms with van der Waals surface area (Å²) in [4.78, 5) is 0. The summed E-state index contributed by atoms with van der Waals surface area (Å²) in [5.74, 6) is 0. The van der Waals surface area contributed by atoms with Crippen LogP contribution in [0.25, 0.3) is 0 Å². The van der Waals surface area contributed by atoms with E-state index < -0.39 is 23.9 Å². The number of hydrogen-bond donors (Lipinski definition) is 2. The first-order valence-electron chi connectivity index (χ1n) is 6.27. The van der Waals surface area contributed by atoms with Crippen molar-refractivity contribution in [2.45, 2.75) is 70.0 Å². The van der Waals surface area contributed by atoms with Crippen molar-refractivity contribution in [1.29, 1.82) is 0 Å². The van der Waals surface area contributed by atoms with E-state index in [-0.39, 0.29) is 6.61 Å². The van der Waals surface area contributed by atoms with Gasteiger partial charge in [-0.1, -0.05) is 0 Å². The minimum absolute atomic E-state index is 0.113. The van der Waals surface area contributed by atoms with Crippen LogP contribution in [0.4, 0.5) is 13.2 Å². The van der Waals surface area contributed by atoms with Crippen LogP contribution < -0.4 is 5.32 Å². The number of alkyl halides is 3. The molecule has 108 valence electrons. The van der Waals surface area contributed by atoms with Gasteiger partial charge < -0.3 is 15.2 Å². The summed E-state index contributed by atoms with van der Waals surface area (Å²) in [5, 5.41) is 12.6. The number of halogens is 3. The van der Waals surface area contributed by atoms with Crippen LogP contribution >= 0.6 is 0 Å². The zero-order valence-corrected chi connectivity index (χ0v) is 11.0. The van der Waals surface area contributed by atoms with Crippen LogP contribution in [0.1, 0.15) is 40.0 Å². The van der Waals surface area contributed by atoms with Crippen LogP contribution in [0.15, 0.2) is 0 Å². The van der Waals surface area contributed by atoms with Gasteiger partial charge in [0.05, 0.1) is 12.7 Å². The summed E-state index contributed by atoms with van der Waals surface area (Å²) < 4.78 is 42.0. The molecule has 0 amide bonds. The van der Waals surface area contributed by atoms with Crippen molar-refractivity contribution in [3.05, 3.63) is 0 Å². The zero-order chi connectivity index (χ0) is 14.0. The molecule has 3 atom stereocenters. The monoisotopic (exact) mass is 269 g/mol. The van der Waals surface area contributed by atoms with Crippen LogP contribution in [-0.4, -0.2) is 41.7 Å². The molecule has 0 saturated heterocycles. The molecular formula is C12H22F3NO2. The normalized spacial score (nSPS) is 23.5. The van der Waals surface area contributed by atoms with Gasteiger partial charge in [0, 0.05) is 11.6 Å². The summed E-state index contributed by atoms with van der Waals surface area (Å²) in [5.41, 5.74) is -0.577. The Balaban J connectivity index is 2.43. The maximum absolute atomic E-state index is 12.4. The Kier molecular flexibility index (Phi) is 5.03. The fraction of sp³-hybridized carbons (Fsp3) is 1.00. The second kappa shape index (κ2) is 5.75. The minimum Gasteiger partial charge on any atom is -0.394 e. The molecule has 0 aromatic rings. The van der Waals surface area contributed by atoms with Crippen LogP contribution in [0.5, 0.6) is 0 Å². The molecule has 1 saturated carbocycles. The molecule has 1 rings (SSSR count). The van der Waals surface area contributed by atoms with E-state index in [2.05, 4.69) is 5.32 Å². The van der Waals surface area contributed by atoms with Crippen LogP contribution in [0.2, 0.25) is 0 Å². The Hall–Kier alpha value is -0.330. The highest BCUT2D eigenvalue weighted by Crippen LogP contribution is 2.27. The second-order valence-electron chi connectivity index (χ2n) is 5.47. The lowest BCUT2D eigenvalue weighted by atomic mass is 9.95. The minimum atomic E-state index is -4.34. The first kappa shape index (κ1) is 15.7. The van der Waals surface area contributed by atoms with E-state index in [0.29, 0.717) is 12.5 Å². The molecule has 0 heterocycles. The Bertz CT molecular complexity index is 269. The molecule has 0 aromatic carbocycles. The molecule has 0 bridgehead atoms. The maximum atomic E-state index is 12.4. The fourth-order valence-corrected chi connectivity index (χ4v) is 2.00. The molecule has 1 aliphatic carbocycles. The van der Waals surface area contributed by atoms with Crippen molar-refractivity contribution in [3.63, 3.8) is 0 Å². The van der Waals surface area contributed by atoms with Gasteiger partial charge in [0.1, 0.15) is 0 Å². The summed E-state index contributed by atoms with van der Waals surface area (Å²) in [6.45, 7) is 4.30. The highest BCUT2D eigenvalue weighted by Gasteiger charge is 2.39. The first-order chi connectivity index (χ1) is 8.16. The molecule has 0 spiro atoms. The quantitative estimate of drug-likeness (QED) is 0.744. The highest BCUT2D eigenvalue weighted by molar-refractivity contribution is 4.93. The topological polar surface area (TPSA) is 41.5 Å². The summed E-state index contributed by atoms with van der Waals surface area (Å²) in [6.07, 6.45) is -4.22. The average molecular weight is 269 g/mol. The third kappa shape index (κ3) is 5.12. The molecular weight excluding hydrogens is 247 g/mol. The van der Waals surface area contributed by atoms with Gasteiger partial charge in [0.25, 0.3) is 0 Å². The van der Waals surface area contributed by atoms with Gasteiger partial charge in [0.2, 0.25) is 0 Å². The van der Waals surface area contributed by atoms with Gasteiger partial charge in [-0.05, 0) is 40.0 Å². The van der Waals surface area contributed by atoms with Crippen molar-refractivity contribution in [2.75, 3.05) is 6.61 Å². The van der Waals surface area contributed by atoms with Gasteiger partial charge in [-0.3, -0.25) is 0 Å². The largest absolute Gasteiger partial charge is 0.414 e. The van der Waals surface area contributed by atoms with E-state index in [1.807, 2.05) is 6.92 Å². The van der Waals surface area contributed by atoms with Gasteiger partial charge >= 0.3 is 6.18 Å². The lowest BCUT2D eigenvalue weighted by molar-refractivity contribution is -0.227. The van der Waals surface area contributed by atoms with Crippen molar-refractivity contribution < 1.29 is 23.0 Å². The van der Waals surface area contributed by atoms with Crippen molar-refractivity contribution in [3.8, 4) is 0 Å². The third-order valence-electron chi connectivity index (χ3n) is 3.11. The maximum Gasteiger partial charge on any atom is 0.414 e. The molecule has 3 nitrogen and oxygen atoms in total. The lowest BCUT2D eigenvalue weighted by Crippen LogP contribution is -2.49. The first-order valence-corrected chi connectivity index (χ1v) is 6.27. The van der Waals surface area contributed by atoms with Crippen molar-refractivity contribution in [1.82, 2.24) is 5.32 Å². The van der Waals surface area contributed by atoms with E-state index in [1.165, 1.54) is 0 Å². The Morgan fingerprint density at radius 3 is 2.28 bits per heavy atom. The van der Waals surface area contributed by atoms with Gasteiger partial charge in [-0.25, -0.2) is 0 Å². The molecule has 0 aliphatic heterocycles. The van der Waals surface area contributed by atoms with Gasteiger partial charge in [-0.15, -0.1) is 0 Å². The van der Waals surface area contributed by atoms with E-state index in [0.717, 1.165) is 19.8 Å². The number of rotatable bonds is 7. The molecule has 6 heteroatoms. The molecule has 2 N–H and O–H groups in total. The molecule has 1 aliphatic rings. The molecule has 3 unspecified atom stereocenters. The highest BCUT2D eigenvalue weighted by atomic mass is 19.4. The van der Waals surface area contributed by atoms with Gasteiger partial charge in [-0.2, -0.15) is 13.2 Å². The van der Waals surface area contributed by atoms with Crippen molar-refractivity contribution >= 4 is 0 Å². The van der Waals surface area contributed by atoms with E-state index >= 15 is 0 Å². The Labute approximate surface area is 106 Å². The van der Waals surface area contributed by atoms with Crippen LogP contribution in [-0.2, 0) is 4.74 Å². The molecule has 0 radical (unpaired) electrons. The Morgan fingerprint density at radius 1 is 1.33 bits per heavy atom. The average Bonchev–Trinajstić information content (AvgIpc) is 2.99. The summed E-state index contributed by atoms with van der Waals surface area (Å²) >= 11 is 0. The predicted molar refractivity (Wildman–Crippen MR) is 62.3 cm³/mol. The zero-order valence-electron chi connectivity index (χ0n) is 11.0. The molecule has 0 aromatic heterocycles. The number of hydrogen-bond acceptors (Lipinski definition) is 3. The lowest BCUT2D eigenvalue weighted by Gasteiger charge is -2.33. The number of aliphatic hydroxyl groups excluding tert-OH is 1. The fourth-order valence-electron chi connectivity index (χ4n) is 2.00. The number of aliphatic hydroxyl groups is 1. The van der Waals surface area contributed by atoms with Crippen LogP contribution in [0.3, 0.4) is 0 Å². The van der Waals surface area contributed by atoms with Crippen molar-refractivity contribution in [2.24, 2.45) is 0 Å². The smallest absolute Gasteiger partial charge is 0.394 e. The molecule has 18 heavy (non-hydrogen) atoms. The predicted octanol–water partition coefficient (Wildman–Crippen LogP) is 2.24. The summed E-state index contributed by atoms with van der Waals surface area (Å²) in [7, 11) is 0. The SMILES string of the molecule is CC(CC(C)(CO)NC1CC1)OC(C)C(F)(F)F. The Morgan fingerprint density at radius 2 is 1.89 bits per heavy atom. The molecule has 1 fully saturated rings. The van der Waals surface area contributed by atoms with E-state index in [4.69, 9.17) is 4.74 Å². The second-order valence-corrected chi connectivity index (χ2v) is 5.47. The summed E-state index contributed by atoms with van der Waals surface area (Å²) in [6, 6.07) is 0.384. The van der Waals surface area contributed by atoms with E-state index in [1.54, 1.807) is 6.92 Å². The number of nitrogens with one attached hydrogen (secondary N) is 1.